The third kappa shape index (κ3) is 4.53. The fraction of sp³-hybridized carbons (Fsp3) is 0.308. The average Bonchev–Trinajstić information content (AvgIpc) is 2.34. The lowest BCUT2D eigenvalue weighted by Crippen LogP contribution is -2.31. The van der Waals surface area contributed by atoms with Gasteiger partial charge in [0.1, 0.15) is 0 Å². The average molecular weight is 249 g/mol. The predicted octanol–water partition coefficient (Wildman–Crippen LogP) is 2.31. The molecule has 0 aliphatic carbocycles. The second kappa shape index (κ2) is 7.01. The Morgan fingerprint density at radius 3 is 3.00 bits per heavy atom. The number of benzene rings is 1. The number of hydrogen-bond donors (Lipinski definition) is 2. The Hall–Kier alpha value is -1.42. The number of hydrogen-bond acceptors (Lipinski definition) is 2. The minimum absolute atomic E-state index is 0.456. The fourth-order valence-corrected chi connectivity index (χ4v) is 2.08. The first kappa shape index (κ1) is 13.6. The van der Waals surface area contributed by atoms with Gasteiger partial charge in [-0.1, -0.05) is 18.2 Å². The molecule has 0 saturated heterocycles. The Bertz CT molecular complexity index is 413. The maximum atomic E-state index is 5.71. The second-order valence-corrected chi connectivity index (χ2v) is 4.53. The second-order valence-electron chi connectivity index (χ2n) is 3.69. The van der Waals surface area contributed by atoms with Crippen molar-refractivity contribution >= 4 is 17.7 Å². The van der Waals surface area contributed by atoms with Crippen LogP contribution < -0.4 is 11.1 Å². The first-order valence-corrected chi connectivity index (χ1v) is 6.68. The van der Waals surface area contributed by atoms with Crippen molar-refractivity contribution in [1.82, 2.24) is 5.32 Å². The molecule has 0 fully saturated rings. The number of nitrogens with one attached hydrogen (secondary N) is 1. The molecule has 1 rings (SSSR count). The smallest absolute Gasteiger partial charge is 0.189 e. The van der Waals surface area contributed by atoms with Crippen molar-refractivity contribution < 1.29 is 0 Å². The summed E-state index contributed by atoms with van der Waals surface area (Å²) in [6.07, 6.45) is 3.82. The molecule has 4 heteroatoms. The molecule has 0 spiro atoms. The molecule has 17 heavy (non-hydrogen) atoms. The lowest BCUT2D eigenvalue weighted by atomic mass is 10.1. The summed E-state index contributed by atoms with van der Waals surface area (Å²) in [5.41, 5.74) is 8.18. The van der Waals surface area contributed by atoms with E-state index in [-0.39, 0.29) is 0 Å². The van der Waals surface area contributed by atoms with Gasteiger partial charge in [-0.3, -0.25) is 0 Å². The Morgan fingerprint density at radius 1 is 1.59 bits per heavy atom. The zero-order valence-corrected chi connectivity index (χ0v) is 11.2. The van der Waals surface area contributed by atoms with Crippen molar-refractivity contribution in [1.29, 1.82) is 0 Å². The van der Waals surface area contributed by atoms with Crippen molar-refractivity contribution in [2.45, 2.75) is 18.4 Å². The molecule has 0 bridgehead atoms. The highest BCUT2D eigenvalue weighted by molar-refractivity contribution is 7.98. The van der Waals surface area contributed by atoms with E-state index in [4.69, 9.17) is 5.73 Å². The van der Waals surface area contributed by atoms with Gasteiger partial charge in [0.05, 0.1) is 6.54 Å². The summed E-state index contributed by atoms with van der Waals surface area (Å²) in [5, 5.41) is 2.95. The topological polar surface area (TPSA) is 50.4 Å². The number of thioether (sulfide) groups is 1. The first-order chi connectivity index (χ1) is 8.17. The van der Waals surface area contributed by atoms with Crippen LogP contribution in [0.1, 0.15) is 11.1 Å². The van der Waals surface area contributed by atoms with Crippen molar-refractivity contribution in [3.05, 3.63) is 42.0 Å². The van der Waals surface area contributed by atoms with E-state index < -0.39 is 0 Å². The van der Waals surface area contributed by atoms with Gasteiger partial charge >= 0.3 is 0 Å². The third-order valence-electron chi connectivity index (χ3n) is 2.29. The third-order valence-corrected chi connectivity index (χ3v) is 3.11. The Kier molecular flexibility index (Phi) is 5.63. The van der Waals surface area contributed by atoms with E-state index in [0.29, 0.717) is 19.0 Å². The molecule has 1 aromatic carbocycles. The SMILES string of the molecule is C=CCNC(N)=NCc1ccc(C)cc1SC. The summed E-state index contributed by atoms with van der Waals surface area (Å²) in [6, 6.07) is 6.37. The summed E-state index contributed by atoms with van der Waals surface area (Å²) in [7, 11) is 0. The van der Waals surface area contributed by atoms with E-state index in [1.54, 1.807) is 17.8 Å². The number of guanidine groups is 1. The summed E-state index contributed by atoms with van der Waals surface area (Å²) >= 11 is 1.73. The van der Waals surface area contributed by atoms with Gasteiger partial charge in [0.15, 0.2) is 5.96 Å². The van der Waals surface area contributed by atoms with Crippen molar-refractivity contribution in [3.63, 3.8) is 0 Å². The van der Waals surface area contributed by atoms with Crippen LogP contribution in [0, 0.1) is 6.92 Å². The van der Waals surface area contributed by atoms with Gasteiger partial charge in [-0.15, -0.1) is 18.3 Å². The van der Waals surface area contributed by atoms with E-state index in [0.717, 1.165) is 0 Å². The molecule has 92 valence electrons. The standard InChI is InChI=1S/C13H19N3S/c1-4-7-15-13(14)16-9-11-6-5-10(2)8-12(11)17-3/h4-6,8H,1,7,9H2,2-3H3,(H3,14,15,16). The van der Waals surface area contributed by atoms with E-state index >= 15 is 0 Å². The highest BCUT2D eigenvalue weighted by Gasteiger charge is 2.01. The molecule has 0 atom stereocenters. The van der Waals surface area contributed by atoms with Gasteiger partial charge in [0.2, 0.25) is 0 Å². The molecule has 0 saturated carbocycles. The molecule has 3 nitrogen and oxygen atoms in total. The number of nitrogens with two attached hydrogens (primary N) is 1. The Morgan fingerprint density at radius 2 is 2.35 bits per heavy atom. The van der Waals surface area contributed by atoms with E-state index in [1.807, 2.05) is 0 Å². The van der Waals surface area contributed by atoms with Crippen LogP contribution in [0.4, 0.5) is 0 Å². The molecule has 3 N–H and O–H groups in total. The zero-order valence-electron chi connectivity index (χ0n) is 10.4. The minimum atomic E-state index is 0.456. The molecule has 0 radical (unpaired) electrons. The van der Waals surface area contributed by atoms with Crippen LogP contribution >= 0.6 is 11.8 Å². The summed E-state index contributed by atoms with van der Waals surface area (Å²) in [4.78, 5) is 5.55. The normalized spacial score (nSPS) is 11.3. The number of rotatable bonds is 5. The van der Waals surface area contributed by atoms with Crippen LogP contribution in [0.2, 0.25) is 0 Å². The summed E-state index contributed by atoms with van der Waals surface area (Å²) < 4.78 is 0. The molecular weight excluding hydrogens is 230 g/mol. The van der Waals surface area contributed by atoms with Crippen LogP contribution in [0.3, 0.4) is 0 Å². The first-order valence-electron chi connectivity index (χ1n) is 5.45. The monoisotopic (exact) mass is 249 g/mol. The maximum Gasteiger partial charge on any atom is 0.189 e. The van der Waals surface area contributed by atoms with Crippen LogP contribution in [0.15, 0.2) is 40.7 Å². The predicted molar refractivity (Wildman–Crippen MR) is 76.5 cm³/mol. The van der Waals surface area contributed by atoms with Crippen LogP contribution in [-0.2, 0) is 6.54 Å². The van der Waals surface area contributed by atoms with Gasteiger partial charge in [-0.05, 0) is 30.4 Å². The highest BCUT2D eigenvalue weighted by atomic mass is 32.2. The van der Waals surface area contributed by atoms with Gasteiger partial charge in [-0.2, -0.15) is 0 Å². The largest absolute Gasteiger partial charge is 0.370 e. The van der Waals surface area contributed by atoms with Crippen LogP contribution in [-0.4, -0.2) is 18.8 Å². The van der Waals surface area contributed by atoms with Crippen LogP contribution in [0.5, 0.6) is 0 Å². The van der Waals surface area contributed by atoms with E-state index in [1.165, 1.54) is 16.0 Å². The Labute approximate surface area is 107 Å². The van der Waals surface area contributed by atoms with Gasteiger partial charge < -0.3 is 11.1 Å². The number of aryl methyl sites for hydroxylation is 1. The number of nitrogens with zero attached hydrogens (tertiary/aromatic N) is 1. The molecule has 0 aromatic heterocycles. The quantitative estimate of drug-likeness (QED) is 0.364. The lowest BCUT2D eigenvalue weighted by Gasteiger charge is -2.07. The molecule has 0 unspecified atom stereocenters. The maximum absolute atomic E-state index is 5.71. The zero-order chi connectivity index (χ0) is 12.7. The van der Waals surface area contributed by atoms with Crippen molar-refractivity contribution in [2.24, 2.45) is 10.7 Å². The molecule has 1 aromatic rings. The molecule has 0 aliphatic heterocycles. The number of aliphatic imine (C=N–C) groups is 1. The van der Waals surface area contributed by atoms with Crippen molar-refractivity contribution in [3.8, 4) is 0 Å². The lowest BCUT2D eigenvalue weighted by molar-refractivity contribution is 0.955. The Balaban J connectivity index is 2.71. The molecule has 0 amide bonds. The summed E-state index contributed by atoms with van der Waals surface area (Å²) in [5.74, 6) is 0.456. The highest BCUT2D eigenvalue weighted by Crippen LogP contribution is 2.22. The molecule has 0 heterocycles. The van der Waals surface area contributed by atoms with Gasteiger partial charge in [0, 0.05) is 11.4 Å². The summed E-state index contributed by atoms with van der Waals surface area (Å²) in [6.45, 7) is 6.94. The van der Waals surface area contributed by atoms with Crippen LogP contribution in [0.25, 0.3) is 0 Å². The van der Waals surface area contributed by atoms with Gasteiger partial charge in [-0.25, -0.2) is 4.99 Å². The van der Waals surface area contributed by atoms with E-state index in [9.17, 15) is 0 Å². The molecule has 0 aliphatic rings. The molecular formula is C13H19N3S. The minimum Gasteiger partial charge on any atom is -0.370 e. The van der Waals surface area contributed by atoms with Crippen molar-refractivity contribution in [2.75, 3.05) is 12.8 Å². The van der Waals surface area contributed by atoms with Gasteiger partial charge in [0.25, 0.3) is 0 Å². The fourth-order valence-electron chi connectivity index (χ4n) is 1.39. The van der Waals surface area contributed by atoms with E-state index in [2.05, 4.69) is 48.3 Å².